The lowest BCUT2D eigenvalue weighted by molar-refractivity contribution is 0.0943. The summed E-state index contributed by atoms with van der Waals surface area (Å²) in [5.41, 5.74) is 0.527. The molecular weight excluding hydrogens is 320 g/mol. The molecule has 1 aliphatic heterocycles. The van der Waals surface area contributed by atoms with E-state index < -0.39 is 0 Å². The molecule has 1 aromatic carbocycles. The fourth-order valence-electron chi connectivity index (χ4n) is 2.96. The second-order valence-electron chi connectivity index (χ2n) is 6.02. The summed E-state index contributed by atoms with van der Waals surface area (Å²) < 4.78 is 17.0. The van der Waals surface area contributed by atoms with Crippen LogP contribution in [0.25, 0.3) is 0 Å². The van der Waals surface area contributed by atoms with Gasteiger partial charge in [-0.05, 0) is 64.8 Å². The third-order valence-corrected chi connectivity index (χ3v) is 4.12. The molecule has 2 N–H and O–H groups in total. The van der Waals surface area contributed by atoms with Gasteiger partial charge in [0.05, 0.1) is 19.8 Å². The summed E-state index contributed by atoms with van der Waals surface area (Å²) in [6, 6.07) is 3.46. The number of carbonyl (C=O) groups excluding carboxylic acids is 1. The third-order valence-electron chi connectivity index (χ3n) is 4.12. The topological polar surface area (TPSA) is 68.8 Å². The van der Waals surface area contributed by atoms with E-state index in [-0.39, 0.29) is 5.91 Å². The number of hydrogen-bond donors (Lipinski definition) is 2. The Morgan fingerprint density at radius 2 is 1.76 bits per heavy atom. The highest BCUT2D eigenvalue weighted by atomic mass is 16.5. The van der Waals surface area contributed by atoms with Crippen molar-refractivity contribution in [3.63, 3.8) is 0 Å². The molecule has 0 radical (unpaired) electrons. The zero-order valence-electron chi connectivity index (χ0n) is 15.5. The van der Waals surface area contributed by atoms with Gasteiger partial charge in [-0.3, -0.25) is 4.79 Å². The second kappa shape index (κ2) is 10.1. The maximum atomic E-state index is 12.6. The molecule has 140 valence electrons. The Hall–Kier alpha value is -1.95. The lowest BCUT2D eigenvalue weighted by Gasteiger charge is -2.23. The number of hydrogen-bond acceptors (Lipinski definition) is 5. The van der Waals surface area contributed by atoms with Gasteiger partial charge in [-0.2, -0.15) is 0 Å². The Balaban J connectivity index is 2.15. The summed E-state index contributed by atoms with van der Waals surface area (Å²) in [6.07, 6.45) is 2.30. The molecule has 0 saturated carbocycles. The van der Waals surface area contributed by atoms with E-state index in [1.54, 1.807) is 12.1 Å². The Labute approximate surface area is 150 Å². The highest BCUT2D eigenvalue weighted by Gasteiger charge is 2.19. The van der Waals surface area contributed by atoms with Crippen LogP contribution in [0.5, 0.6) is 17.2 Å². The van der Waals surface area contributed by atoms with Gasteiger partial charge in [-0.1, -0.05) is 0 Å². The smallest absolute Gasteiger partial charge is 0.251 e. The Morgan fingerprint density at radius 1 is 1.12 bits per heavy atom. The van der Waals surface area contributed by atoms with Crippen molar-refractivity contribution < 1.29 is 19.0 Å². The number of benzene rings is 1. The summed E-state index contributed by atoms with van der Waals surface area (Å²) >= 11 is 0. The molecule has 1 heterocycles. The predicted octanol–water partition coefficient (Wildman–Crippen LogP) is 2.61. The van der Waals surface area contributed by atoms with E-state index in [0.717, 1.165) is 25.9 Å². The summed E-state index contributed by atoms with van der Waals surface area (Å²) in [5.74, 6) is 2.01. The Bertz CT molecular complexity index is 529. The first-order valence-corrected chi connectivity index (χ1v) is 9.24. The first-order valence-electron chi connectivity index (χ1n) is 9.24. The average molecular weight is 350 g/mol. The van der Waals surface area contributed by atoms with E-state index in [0.29, 0.717) is 55.1 Å². The molecular formula is C19H30N2O4. The minimum Gasteiger partial charge on any atom is -0.490 e. The molecule has 1 aliphatic rings. The van der Waals surface area contributed by atoms with Crippen molar-refractivity contribution in [2.45, 2.75) is 33.6 Å². The van der Waals surface area contributed by atoms with E-state index in [1.807, 2.05) is 20.8 Å². The SMILES string of the molecule is CCOc1cc(C(=O)NCC2CCCNC2)cc(OCC)c1OCC. The van der Waals surface area contributed by atoms with Crippen LogP contribution < -0.4 is 24.8 Å². The number of piperidine rings is 1. The minimum atomic E-state index is -0.115. The van der Waals surface area contributed by atoms with E-state index in [2.05, 4.69) is 10.6 Å². The first kappa shape index (κ1) is 19.4. The molecule has 1 atom stereocenters. The average Bonchev–Trinajstić information content (AvgIpc) is 2.63. The van der Waals surface area contributed by atoms with Crippen LogP contribution in [0.4, 0.5) is 0 Å². The summed E-state index contributed by atoms with van der Waals surface area (Å²) in [4.78, 5) is 12.6. The Morgan fingerprint density at radius 3 is 2.28 bits per heavy atom. The summed E-state index contributed by atoms with van der Waals surface area (Å²) in [7, 11) is 0. The molecule has 1 saturated heterocycles. The lowest BCUT2D eigenvalue weighted by Crippen LogP contribution is -2.38. The number of rotatable bonds is 9. The van der Waals surface area contributed by atoms with E-state index in [4.69, 9.17) is 14.2 Å². The van der Waals surface area contributed by atoms with E-state index >= 15 is 0 Å². The van der Waals surface area contributed by atoms with Crippen LogP contribution in [-0.2, 0) is 0 Å². The molecule has 2 rings (SSSR count). The molecule has 6 heteroatoms. The van der Waals surface area contributed by atoms with Crippen molar-refractivity contribution in [1.82, 2.24) is 10.6 Å². The van der Waals surface area contributed by atoms with Crippen LogP contribution in [0.15, 0.2) is 12.1 Å². The highest BCUT2D eigenvalue weighted by molar-refractivity contribution is 5.95. The molecule has 1 aromatic rings. The van der Waals surface area contributed by atoms with Crippen molar-refractivity contribution in [3.8, 4) is 17.2 Å². The van der Waals surface area contributed by atoms with Crippen LogP contribution in [0, 0.1) is 5.92 Å². The Kier molecular flexibility index (Phi) is 7.85. The van der Waals surface area contributed by atoms with Gasteiger partial charge in [0.25, 0.3) is 5.91 Å². The maximum Gasteiger partial charge on any atom is 0.251 e. The van der Waals surface area contributed by atoms with Crippen molar-refractivity contribution in [1.29, 1.82) is 0 Å². The van der Waals surface area contributed by atoms with E-state index in [1.165, 1.54) is 0 Å². The monoisotopic (exact) mass is 350 g/mol. The van der Waals surface area contributed by atoms with Gasteiger partial charge in [-0.25, -0.2) is 0 Å². The molecule has 0 aromatic heterocycles. The number of nitrogens with one attached hydrogen (secondary N) is 2. The first-order chi connectivity index (χ1) is 12.2. The van der Waals surface area contributed by atoms with Crippen molar-refractivity contribution in [2.24, 2.45) is 5.92 Å². The maximum absolute atomic E-state index is 12.6. The van der Waals surface area contributed by atoms with Crippen LogP contribution in [0.1, 0.15) is 44.0 Å². The largest absolute Gasteiger partial charge is 0.490 e. The quantitative estimate of drug-likeness (QED) is 0.716. The van der Waals surface area contributed by atoms with Crippen LogP contribution >= 0.6 is 0 Å². The number of carbonyl (C=O) groups is 1. The van der Waals surface area contributed by atoms with Gasteiger partial charge in [0, 0.05) is 12.1 Å². The highest BCUT2D eigenvalue weighted by Crippen LogP contribution is 2.39. The zero-order chi connectivity index (χ0) is 18.1. The molecule has 1 amide bonds. The molecule has 1 fully saturated rings. The molecule has 25 heavy (non-hydrogen) atoms. The zero-order valence-corrected chi connectivity index (χ0v) is 15.5. The second-order valence-corrected chi connectivity index (χ2v) is 6.02. The van der Waals surface area contributed by atoms with Gasteiger partial charge in [0.15, 0.2) is 11.5 Å². The van der Waals surface area contributed by atoms with Gasteiger partial charge in [-0.15, -0.1) is 0 Å². The standard InChI is InChI=1S/C19H30N2O4/c1-4-23-16-10-15(11-17(24-5-2)18(16)25-6-3)19(22)21-13-14-8-7-9-20-12-14/h10-11,14,20H,4-9,12-13H2,1-3H3,(H,21,22). The lowest BCUT2D eigenvalue weighted by atomic mass is 9.99. The van der Waals surface area contributed by atoms with Gasteiger partial charge < -0.3 is 24.8 Å². The minimum absolute atomic E-state index is 0.115. The number of amides is 1. The fraction of sp³-hybridized carbons (Fsp3) is 0.632. The van der Waals surface area contributed by atoms with Crippen molar-refractivity contribution >= 4 is 5.91 Å². The third kappa shape index (κ3) is 5.53. The van der Waals surface area contributed by atoms with E-state index in [9.17, 15) is 4.79 Å². The molecule has 0 bridgehead atoms. The van der Waals surface area contributed by atoms with Gasteiger partial charge in [0.2, 0.25) is 5.75 Å². The normalized spacial score (nSPS) is 17.0. The molecule has 1 unspecified atom stereocenters. The van der Waals surface area contributed by atoms with Crippen molar-refractivity contribution in [3.05, 3.63) is 17.7 Å². The van der Waals surface area contributed by atoms with Crippen LogP contribution in [0.3, 0.4) is 0 Å². The fourth-order valence-corrected chi connectivity index (χ4v) is 2.96. The molecule has 6 nitrogen and oxygen atoms in total. The number of ether oxygens (including phenoxy) is 3. The molecule has 0 aliphatic carbocycles. The van der Waals surface area contributed by atoms with Crippen molar-refractivity contribution in [2.75, 3.05) is 39.5 Å². The van der Waals surface area contributed by atoms with Crippen LogP contribution in [0.2, 0.25) is 0 Å². The van der Waals surface area contributed by atoms with Gasteiger partial charge >= 0.3 is 0 Å². The summed E-state index contributed by atoms with van der Waals surface area (Å²) in [6.45, 7) is 9.89. The van der Waals surface area contributed by atoms with Gasteiger partial charge in [0.1, 0.15) is 0 Å². The molecule has 0 spiro atoms. The van der Waals surface area contributed by atoms with Crippen LogP contribution in [-0.4, -0.2) is 45.4 Å². The summed E-state index contributed by atoms with van der Waals surface area (Å²) in [5, 5.41) is 6.39. The predicted molar refractivity (Wildman–Crippen MR) is 97.9 cm³/mol.